The summed E-state index contributed by atoms with van der Waals surface area (Å²) in [7, 11) is 12.6. The van der Waals surface area contributed by atoms with Crippen molar-refractivity contribution in [2.75, 3.05) is 0 Å². The van der Waals surface area contributed by atoms with Crippen LogP contribution in [0.1, 0.15) is 95.6 Å². The Morgan fingerprint density at radius 2 is 1.63 bits per heavy atom. The van der Waals surface area contributed by atoms with E-state index in [-0.39, 0.29) is 11.2 Å². The molecule has 0 bridgehead atoms. The molecule has 0 aliphatic heterocycles. The normalized spacial score (nSPS) is 20.0. The molecule has 0 N–H and O–H groups in total. The molecule has 1 atom stereocenters. The van der Waals surface area contributed by atoms with E-state index in [2.05, 4.69) is 44.2 Å². The first-order valence-electron chi connectivity index (χ1n) is 11.2. The Kier molecular flexibility index (Phi) is 7.12. The Hall–Kier alpha value is -1.17. The molecule has 4 radical (unpaired) electrons. The van der Waals surface area contributed by atoms with Crippen molar-refractivity contribution in [1.82, 2.24) is 0 Å². The number of fused-ring (bicyclic) bond motifs is 3. The van der Waals surface area contributed by atoms with Crippen LogP contribution in [-0.4, -0.2) is 15.7 Å². The summed E-state index contributed by atoms with van der Waals surface area (Å²) >= 11 is 0. The van der Waals surface area contributed by atoms with Crippen molar-refractivity contribution in [2.45, 2.75) is 95.7 Å². The molecule has 2 aliphatic rings. The summed E-state index contributed by atoms with van der Waals surface area (Å²) in [5, 5.41) is 0. The number of unbranched alkanes of at least 4 members (excludes halogenated alkanes) is 6. The lowest BCUT2D eigenvalue weighted by Crippen LogP contribution is -2.27. The molecule has 0 amide bonds. The summed E-state index contributed by atoms with van der Waals surface area (Å²) in [6.07, 6.45) is 18.6. The summed E-state index contributed by atoms with van der Waals surface area (Å²) in [4.78, 5) is 0. The lowest BCUT2D eigenvalue weighted by Gasteiger charge is -2.35. The SMILES string of the molecule is [B]c1ccc2c(c1)C(CCCCCC)(CCCCCC)C1=CC([B])CC=C12. The van der Waals surface area contributed by atoms with Crippen LogP contribution in [-0.2, 0) is 5.41 Å². The highest BCUT2D eigenvalue weighted by Crippen LogP contribution is 2.57. The Morgan fingerprint density at radius 1 is 0.963 bits per heavy atom. The van der Waals surface area contributed by atoms with Crippen molar-refractivity contribution in [3.63, 3.8) is 0 Å². The highest BCUT2D eigenvalue weighted by Gasteiger charge is 2.45. The fraction of sp³-hybridized carbons (Fsp3) is 0.600. The van der Waals surface area contributed by atoms with Gasteiger partial charge in [0.25, 0.3) is 0 Å². The average Bonchev–Trinajstić information content (AvgIpc) is 2.92. The molecule has 0 aromatic heterocycles. The van der Waals surface area contributed by atoms with Crippen LogP contribution in [0.5, 0.6) is 0 Å². The first-order chi connectivity index (χ1) is 13.1. The number of hydrogen-bond acceptors (Lipinski definition) is 0. The van der Waals surface area contributed by atoms with Gasteiger partial charge >= 0.3 is 0 Å². The molecule has 0 spiro atoms. The summed E-state index contributed by atoms with van der Waals surface area (Å²) in [6.45, 7) is 4.57. The second-order valence-electron chi connectivity index (χ2n) is 8.61. The van der Waals surface area contributed by atoms with Gasteiger partial charge in [-0.15, -0.1) is 0 Å². The Bertz CT molecular complexity index is 686. The first kappa shape index (κ1) is 20.6. The third-order valence-corrected chi connectivity index (χ3v) is 6.54. The van der Waals surface area contributed by atoms with Crippen LogP contribution < -0.4 is 5.46 Å². The van der Waals surface area contributed by atoms with Crippen molar-refractivity contribution < 1.29 is 0 Å². The van der Waals surface area contributed by atoms with Crippen molar-refractivity contribution in [3.05, 3.63) is 47.1 Å². The molecule has 0 nitrogen and oxygen atoms in total. The maximum atomic E-state index is 6.38. The maximum absolute atomic E-state index is 6.38. The lowest BCUT2D eigenvalue weighted by molar-refractivity contribution is 0.400. The molecule has 0 saturated heterocycles. The van der Waals surface area contributed by atoms with Gasteiger partial charge in [0.2, 0.25) is 0 Å². The average molecular weight is 356 g/mol. The molecule has 140 valence electrons. The molecule has 1 unspecified atom stereocenters. The van der Waals surface area contributed by atoms with Gasteiger partial charge in [-0.05, 0) is 41.5 Å². The van der Waals surface area contributed by atoms with E-state index < -0.39 is 0 Å². The smallest absolute Gasteiger partial charge is 0.0963 e. The minimum absolute atomic E-state index is 0.121. The molecule has 0 saturated carbocycles. The quantitative estimate of drug-likeness (QED) is 0.339. The fourth-order valence-corrected chi connectivity index (χ4v) is 5.12. The molecule has 0 heterocycles. The van der Waals surface area contributed by atoms with E-state index in [1.165, 1.54) is 86.5 Å². The van der Waals surface area contributed by atoms with Crippen LogP contribution in [0.4, 0.5) is 0 Å². The molecule has 3 rings (SSSR count). The number of benzene rings is 1. The third kappa shape index (κ3) is 4.30. The van der Waals surface area contributed by atoms with Crippen LogP contribution in [0, 0.1) is 0 Å². The standard InChI is InChI=1S/C25H34B2/c1-3-5-7-9-15-25(16-10-8-6-4-2)23-17-19(26)11-13-21(23)22-14-12-20(27)18-24(22)25/h11,13-14,17-18,20H,3-10,12,15-16H2,1-2H3. The van der Waals surface area contributed by atoms with Gasteiger partial charge < -0.3 is 0 Å². The van der Waals surface area contributed by atoms with E-state index >= 15 is 0 Å². The van der Waals surface area contributed by atoms with Crippen molar-refractivity contribution in [3.8, 4) is 0 Å². The zero-order valence-corrected chi connectivity index (χ0v) is 17.4. The van der Waals surface area contributed by atoms with Crippen molar-refractivity contribution in [1.29, 1.82) is 0 Å². The summed E-state index contributed by atoms with van der Waals surface area (Å²) < 4.78 is 0. The van der Waals surface area contributed by atoms with E-state index in [4.69, 9.17) is 15.7 Å². The highest BCUT2D eigenvalue weighted by atomic mass is 14.5. The van der Waals surface area contributed by atoms with Crippen LogP contribution >= 0.6 is 0 Å². The van der Waals surface area contributed by atoms with Gasteiger partial charge in [-0.1, -0.05) is 107 Å². The monoisotopic (exact) mass is 356 g/mol. The van der Waals surface area contributed by atoms with Crippen molar-refractivity contribution in [2.24, 2.45) is 0 Å². The minimum atomic E-state index is 0.121. The zero-order valence-electron chi connectivity index (χ0n) is 17.4. The van der Waals surface area contributed by atoms with Crippen LogP contribution in [0.2, 0.25) is 5.82 Å². The topological polar surface area (TPSA) is 0 Å². The first-order valence-corrected chi connectivity index (χ1v) is 11.2. The number of rotatable bonds is 10. The molecule has 27 heavy (non-hydrogen) atoms. The second-order valence-corrected chi connectivity index (χ2v) is 8.61. The molecule has 2 heteroatoms. The van der Waals surface area contributed by atoms with Crippen molar-refractivity contribution >= 4 is 26.7 Å². The van der Waals surface area contributed by atoms with Crippen LogP contribution in [0.25, 0.3) is 5.57 Å². The Balaban J connectivity index is 1.99. The number of hydrogen-bond donors (Lipinski definition) is 0. The van der Waals surface area contributed by atoms with E-state index in [1.807, 2.05) is 0 Å². The van der Waals surface area contributed by atoms with Gasteiger partial charge in [-0.25, -0.2) is 0 Å². The molecule has 1 aromatic carbocycles. The van der Waals surface area contributed by atoms with E-state index in [0.717, 1.165) is 11.9 Å². The Morgan fingerprint density at radius 3 is 2.26 bits per heavy atom. The Labute approximate surface area is 169 Å². The minimum Gasteiger partial charge on any atom is -0.0963 e. The number of allylic oxidation sites excluding steroid dienone is 4. The molecule has 0 fully saturated rings. The van der Waals surface area contributed by atoms with E-state index in [9.17, 15) is 0 Å². The predicted molar refractivity (Wildman–Crippen MR) is 121 cm³/mol. The summed E-state index contributed by atoms with van der Waals surface area (Å²) in [5.74, 6) is 0.154. The van der Waals surface area contributed by atoms with E-state index in [0.29, 0.717) is 0 Å². The summed E-state index contributed by atoms with van der Waals surface area (Å²) in [5.41, 5.74) is 6.85. The third-order valence-electron chi connectivity index (χ3n) is 6.54. The lowest BCUT2D eigenvalue weighted by atomic mass is 9.66. The van der Waals surface area contributed by atoms with Crippen LogP contribution in [0.15, 0.2) is 35.9 Å². The highest BCUT2D eigenvalue weighted by molar-refractivity contribution is 6.32. The molecular formula is C25H34B2. The maximum Gasteiger partial charge on any atom is 0.113 e. The largest absolute Gasteiger partial charge is 0.113 e. The second kappa shape index (κ2) is 9.35. The van der Waals surface area contributed by atoms with Gasteiger partial charge in [-0.3, -0.25) is 0 Å². The van der Waals surface area contributed by atoms with Gasteiger partial charge in [-0.2, -0.15) is 0 Å². The molecule has 2 aliphatic carbocycles. The fourth-order valence-electron chi connectivity index (χ4n) is 5.12. The van der Waals surface area contributed by atoms with Gasteiger partial charge in [0, 0.05) is 5.41 Å². The van der Waals surface area contributed by atoms with Gasteiger partial charge in [0.15, 0.2) is 0 Å². The zero-order chi connectivity index (χ0) is 19.3. The van der Waals surface area contributed by atoms with E-state index in [1.54, 1.807) is 0 Å². The molecular weight excluding hydrogens is 322 g/mol. The van der Waals surface area contributed by atoms with Crippen LogP contribution in [0.3, 0.4) is 0 Å². The predicted octanol–water partition coefficient (Wildman–Crippen LogP) is 6.34. The molecule has 1 aromatic rings. The summed E-state index contributed by atoms with van der Waals surface area (Å²) in [6, 6.07) is 6.58. The van der Waals surface area contributed by atoms with Gasteiger partial charge in [0.1, 0.15) is 7.85 Å². The van der Waals surface area contributed by atoms with Gasteiger partial charge in [0.05, 0.1) is 7.85 Å².